The fourth-order valence-corrected chi connectivity index (χ4v) is 1.64. The van der Waals surface area contributed by atoms with Gasteiger partial charge in [-0.2, -0.15) is 0 Å². The van der Waals surface area contributed by atoms with Gasteiger partial charge in [0, 0.05) is 6.42 Å². The number of hydrogen-bond acceptors (Lipinski definition) is 2. The number of rotatable bonds is 5. The van der Waals surface area contributed by atoms with E-state index in [1.165, 1.54) is 0 Å². The molecule has 1 aromatic rings. The third-order valence-corrected chi connectivity index (χ3v) is 2.84. The molecule has 1 unspecified atom stereocenters. The molecule has 3 heteroatoms. The Morgan fingerprint density at radius 2 is 2.21 bits per heavy atom. The molecule has 2 nitrogen and oxygen atoms in total. The Kier molecular flexibility index (Phi) is 4.93. The second-order valence-corrected chi connectivity index (χ2v) is 4.14. The van der Waals surface area contributed by atoms with Gasteiger partial charge in [0.1, 0.15) is 18.1 Å². The summed E-state index contributed by atoms with van der Waals surface area (Å²) in [6.07, 6.45) is 2.22. The Hall–Kier alpha value is -0.580. The van der Waals surface area contributed by atoms with E-state index >= 15 is 0 Å². The minimum atomic E-state index is 0.00316. The highest BCUT2D eigenvalue weighted by atomic mass is 127. The molecule has 14 heavy (non-hydrogen) atoms. The fourth-order valence-electron chi connectivity index (χ4n) is 1.13. The first-order chi connectivity index (χ1) is 6.77. The summed E-state index contributed by atoms with van der Waals surface area (Å²) in [6.45, 7) is 2.02. The lowest BCUT2D eigenvalue weighted by Gasteiger charge is -2.15. The predicted octanol–water partition coefficient (Wildman–Crippen LogP) is 3.04. The molecule has 0 aromatic heterocycles. The van der Waals surface area contributed by atoms with Gasteiger partial charge in [0.2, 0.25) is 0 Å². The number of halogens is 1. The lowest BCUT2D eigenvalue weighted by Crippen LogP contribution is -2.16. The SMILES string of the molecule is CCC(CC=O)Oc1ccccc1I. The molecule has 0 saturated heterocycles. The summed E-state index contributed by atoms with van der Waals surface area (Å²) in [6, 6.07) is 7.82. The van der Waals surface area contributed by atoms with Gasteiger partial charge in [0.25, 0.3) is 0 Å². The number of para-hydroxylation sites is 1. The van der Waals surface area contributed by atoms with Crippen molar-refractivity contribution in [2.45, 2.75) is 25.9 Å². The first-order valence-corrected chi connectivity index (χ1v) is 5.70. The number of hydrogen-bond donors (Lipinski definition) is 0. The third-order valence-electron chi connectivity index (χ3n) is 1.94. The van der Waals surface area contributed by atoms with Gasteiger partial charge in [-0.05, 0) is 41.1 Å². The van der Waals surface area contributed by atoms with Crippen molar-refractivity contribution < 1.29 is 9.53 Å². The first-order valence-electron chi connectivity index (χ1n) is 4.62. The lowest BCUT2D eigenvalue weighted by molar-refractivity contribution is -0.109. The summed E-state index contributed by atoms with van der Waals surface area (Å²) in [7, 11) is 0. The van der Waals surface area contributed by atoms with Crippen molar-refractivity contribution in [1.82, 2.24) is 0 Å². The van der Waals surface area contributed by atoms with Crippen LogP contribution in [0.1, 0.15) is 19.8 Å². The van der Waals surface area contributed by atoms with Crippen LogP contribution in [0.2, 0.25) is 0 Å². The molecule has 1 atom stereocenters. The average molecular weight is 304 g/mol. The zero-order chi connectivity index (χ0) is 10.4. The molecule has 0 spiro atoms. The van der Waals surface area contributed by atoms with E-state index in [9.17, 15) is 4.79 Å². The molecule has 0 saturated carbocycles. The zero-order valence-electron chi connectivity index (χ0n) is 8.07. The maximum Gasteiger partial charge on any atom is 0.133 e. The van der Waals surface area contributed by atoms with Gasteiger partial charge in [-0.25, -0.2) is 0 Å². The minimum absolute atomic E-state index is 0.00316. The Morgan fingerprint density at radius 1 is 1.50 bits per heavy atom. The molecule has 0 aliphatic carbocycles. The van der Waals surface area contributed by atoms with E-state index in [-0.39, 0.29) is 6.10 Å². The molecule has 0 amide bonds. The second kappa shape index (κ2) is 6.01. The lowest BCUT2D eigenvalue weighted by atomic mass is 10.2. The molecule has 0 bridgehead atoms. The van der Waals surface area contributed by atoms with E-state index in [1.54, 1.807) is 0 Å². The topological polar surface area (TPSA) is 26.3 Å². The van der Waals surface area contributed by atoms with E-state index < -0.39 is 0 Å². The van der Waals surface area contributed by atoms with Gasteiger partial charge in [-0.1, -0.05) is 19.1 Å². The van der Waals surface area contributed by atoms with Crippen LogP contribution in [0.15, 0.2) is 24.3 Å². The van der Waals surface area contributed by atoms with Crippen LogP contribution in [0.25, 0.3) is 0 Å². The van der Waals surface area contributed by atoms with Crippen molar-refractivity contribution in [3.8, 4) is 5.75 Å². The van der Waals surface area contributed by atoms with E-state index in [0.717, 1.165) is 22.0 Å². The molecule has 0 aliphatic rings. The molecule has 0 aliphatic heterocycles. The molecule has 0 radical (unpaired) electrons. The van der Waals surface area contributed by atoms with Gasteiger partial charge in [-0.15, -0.1) is 0 Å². The quantitative estimate of drug-likeness (QED) is 0.617. The number of carbonyl (C=O) groups excluding carboxylic acids is 1. The Balaban J connectivity index is 2.66. The van der Waals surface area contributed by atoms with Crippen LogP contribution < -0.4 is 4.74 Å². The Bertz CT molecular complexity index is 299. The summed E-state index contributed by atoms with van der Waals surface area (Å²) in [4.78, 5) is 10.4. The van der Waals surface area contributed by atoms with E-state index in [4.69, 9.17) is 4.74 Å². The highest BCUT2D eigenvalue weighted by Crippen LogP contribution is 2.22. The Labute approximate surface area is 97.8 Å². The van der Waals surface area contributed by atoms with Crippen LogP contribution in [-0.4, -0.2) is 12.4 Å². The van der Waals surface area contributed by atoms with Crippen LogP contribution >= 0.6 is 22.6 Å². The molecule has 1 rings (SSSR count). The maximum atomic E-state index is 10.4. The molecule has 0 fully saturated rings. The monoisotopic (exact) mass is 304 g/mol. The first kappa shape index (κ1) is 11.5. The summed E-state index contributed by atoms with van der Waals surface area (Å²) in [5.41, 5.74) is 0. The normalized spacial score (nSPS) is 12.1. The van der Waals surface area contributed by atoms with Crippen LogP contribution in [0, 0.1) is 3.57 Å². The number of carbonyl (C=O) groups is 1. The van der Waals surface area contributed by atoms with Crippen molar-refractivity contribution in [3.05, 3.63) is 27.8 Å². The van der Waals surface area contributed by atoms with Crippen molar-refractivity contribution >= 4 is 28.9 Å². The molecular weight excluding hydrogens is 291 g/mol. The maximum absolute atomic E-state index is 10.4. The standard InChI is InChI=1S/C11H13IO2/c1-2-9(7-8-13)14-11-6-4-3-5-10(11)12/h3-6,8-9H,2,7H2,1H3. The van der Waals surface area contributed by atoms with Crippen molar-refractivity contribution in [1.29, 1.82) is 0 Å². The largest absolute Gasteiger partial charge is 0.489 e. The molecule has 76 valence electrons. The van der Waals surface area contributed by atoms with E-state index in [0.29, 0.717) is 6.42 Å². The fraction of sp³-hybridized carbons (Fsp3) is 0.364. The molecular formula is C11H13IO2. The highest BCUT2D eigenvalue weighted by Gasteiger charge is 2.08. The summed E-state index contributed by atoms with van der Waals surface area (Å²) >= 11 is 2.23. The second-order valence-electron chi connectivity index (χ2n) is 2.98. The molecule has 0 heterocycles. The predicted molar refractivity (Wildman–Crippen MR) is 64.5 cm³/mol. The summed E-state index contributed by atoms with van der Waals surface area (Å²) in [5.74, 6) is 0.863. The van der Waals surface area contributed by atoms with Gasteiger partial charge >= 0.3 is 0 Å². The number of ether oxygens (including phenoxy) is 1. The van der Waals surface area contributed by atoms with E-state index in [2.05, 4.69) is 22.6 Å². The van der Waals surface area contributed by atoms with Crippen LogP contribution in [0.5, 0.6) is 5.75 Å². The van der Waals surface area contributed by atoms with Gasteiger partial charge in [0.05, 0.1) is 3.57 Å². The average Bonchev–Trinajstić information content (AvgIpc) is 2.20. The Morgan fingerprint density at radius 3 is 2.79 bits per heavy atom. The van der Waals surface area contributed by atoms with Crippen molar-refractivity contribution in [2.24, 2.45) is 0 Å². The van der Waals surface area contributed by atoms with Crippen molar-refractivity contribution in [3.63, 3.8) is 0 Å². The number of benzene rings is 1. The summed E-state index contributed by atoms with van der Waals surface area (Å²) < 4.78 is 6.77. The minimum Gasteiger partial charge on any atom is -0.489 e. The van der Waals surface area contributed by atoms with Crippen LogP contribution in [-0.2, 0) is 4.79 Å². The highest BCUT2D eigenvalue weighted by molar-refractivity contribution is 14.1. The molecule has 1 aromatic carbocycles. The molecule has 0 N–H and O–H groups in total. The summed E-state index contributed by atoms with van der Waals surface area (Å²) in [5, 5.41) is 0. The zero-order valence-corrected chi connectivity index (χ0v) is 10.2. The van der Waals surface area contributed by atoms with Gasteiger partial charge < -0.3 is 9.53 Å². The van der Waals surface area contributed by atoms with Crippen LogP contribution in [0.3, 0.4) is 0 Å². The van der Waals surface area contributed by atoms with Crippen molar-refractivity contribution in [2.75, 3.05) is 0 Å². The van der Waals surface area contributed by atoms with Crippen LogP contribution in [0.4, 0.5) is 0 Å². The third kappa shape index (κ3) is 3.29. The number of aldehydes is 1. The smallest absolute Gasteiger partial charge is 0.133 e. The van der Waals surface area contributed by atoms with Gasteiger partial charge in [0.15, 0.2) is 0 Å². The van der Waals surface area contributed by atoms with E-state index in [1.807, 2.05) is 31.2 Å². The van der Waals surface area contributed by atoms with Gasteiger partial charge in [-0.3, -0.25) is 0 Å².